The van der Waals surface area contributed by atoms with Crippen molar-refractivity contribution in [2.45, 2.75) is 45.2 Å². The largest absolute Gasteiger partial charge is 0.366 e. The number of hydrogen-bond donors (Lipinski definition) is 2. The molecule has 2 aromatic rings. The number of amides is 4. The summed E-state index contributed by atoms with van der Waals surface area (Å²) in [4.78, 5) is 56.8. The summed E-state index contributed by atoms with van der Waals surface area (Å²) in [6.45, 7) is 6.19. The van der Waals surface area contributed by atoms with Gasteiger partial charge in [-0.2, -0.15) is 0 Å². The van der Waals surface area contributed by atoms with Gasteiger partial charge in [0, 0.05) is 31.4 Å². The van der Waals surface area contributed by atoms with Crippen LogP contribution in [0.3, 0.4) is 0 Å². The molecular weight excluding hydrogens is 489 g/mol. The van der Waals surface area contributed by atoms with Gasteiger partial charge in [0.25, 0.3) is 5.91 Å². The van der Waals surface area contributed by atoms with Crippen molar-refractivity contribution in [2.75, 3.05) is 31.7 Å². The van der Waals surface area contributed by atoms with E-state index < -0.39 is 29.2 Å². The van der Waals surface area contributed by atoms with Crippen LogP contribution in [0, 0.1) is 18.7 Å². The van der Waals surface area contributed by atoms with Crippen molar-refractivity contribution >= 4 is 29.3 Å². The maximum absolute atomic E-state index is 14.5. The highest BCUT2D eigenvalue weighted by Crippen LogP contribution is 2.39. The molecule has 0 aromatic heterocycles. The number of nitrogens with zero attached hydrogens (tertiary/aromatic N) is 3. The molecule has 2 heterocycles. The average Bonchev–Trinajstić information content (AvgIpc) is 3.13. The molecule has 2 saturated heterocycles. The van der Waals surface area contributed by atoms with Crippen LogP contribution in [-0.4, -0.2) is 71.8 Å². The van der Waals surface area contributed by atoms with Crippen molar-refractivity contribution in [2.24, 2.45) is 11.7 Å². The summed E-state index contributed by atoms with van der Waals surface area (Å²) in [5, 5.41) is 2.73. The first kappa shape index (κ1) is 27.1. The Morgan fingerprint density at radius 1 is 1.08 bits per heavy atom. The quantitative estimate of drug-likeness (QED) is 0.603. The van der Waals surface area contributed by atoms with Crippen molar-refractivity contribution in [3.63, 3.8) is 0 Å². The molecule has 9 nitrogen and oxygen atoms in total. The van der Waals surface area contributed by atoms with Gasteiger partial charge in [-0.15, -0.1) is 0 Å². The third-order valence-electron chi connectivity index (χ3n) is 7.62. The summed E-state index contributed by atoms with van der Waals surface area (Å²) in [7, 11) is 1.73. The van der Waals surface area contributed by atoms with E-state index in [1.165, 1.54) is 6.07 Å². The highest BCUT2D eigenvalue weighted by Gasteiger charge is 2.53. The SMILES string of the molecule is Cc1cccc(C(=O)N[C@@H](C(=O)N2CCC3(CC2)C(=O)N(C)CN3c2cccc(C(N)=O)c2)C(C)C)c1F. The molecule has 10 heteroatoms. The second-order valence-corrected chi connectivity index (χ2v) is 10.5. The van der Waals surface area contributed by atoms with Crippen LogP contribution in [-0.2, 0) is 9.59 Å². The predicted molar refractivity (Wildman–Crippen MR) is 141 cm³/mol. The first-order valence-electron chi connectivity index (χ1n) is 12.7. The number of nitrogens with one attached hydrogen (secondary N) is 1. The van der Waals surface area contributed by atoms with Crippen molar-refractivity contribution < 1.29 is 23.6 Å². The van der Waals surface area contributed by atoms with Gasteiger partial charge in [0.05, 0.1) is 12.2 Å². The molecule has 2 aliphatic heterocycles. The van der Waals surface area contributed by atoms with Crippen LogP contribution in [0.15, 0.2) is 42.5 Å². The lowest BCUT2D eigenvalue weighted by molar-refractivity contribution is -0.139. The van der Waals surface area contributed by atoms with Crippen LogP contribution in [0.2, 0.25) is 0 Å². The van der Waals surface area contributed by atoms with Gasteiger partial charge in [-0.25, -0.2) is 4.39 Å². The minimum Gasteiger partial charge on any atom is -0.366 e. The number of benzene rings is 2. The molecule has 2 fully saturated rings. The summed E-state index contributed by atoms with van der Waals surface area (Å²) in [5.74, 6) is -2.34. The summed E-state index contributed by atoms with van der Waals surface area (Å²) >= 11 is 0. The fourth-order valence-corrected chi connectivity index (χ4v) is 5.37. The molecule has 0 radical (unpaired) electrons. The topological polar surface area (TPSA) is 116 Å². The number of likely N-dealkylation sites (N-methyl/N-ethyl adjacent to an activating group) is 1. The number of rotatable bonds is 6. The van der Waals surface area contributed by atoms with Crippen LogP contribution in [0.1, 0.15) is 53.0 Å². The zero-order chi connectivity index (χ0) is 27.8. The maximum Gasteiger partial charge on any atom is 0.254 e. The van der Waals surface area contributed by atoms with E-state index in [0.717, 1.165) is 0 Å². The molecule has 38 heavy (non-hydrogen) atoms. The molecule has 0 bridgehead atoms. The van der Waals surface area contributed by atoms with E-state index in [9.17, 15) is 23.6 Å². The molecule has 2 aliphatic rings. The van der Waals surface area contributed by atoms with Gasteiger partial charge in [-0.3, -0.25) is 19.2 Å². The van der Waals surface area contributed by atoms with Crippen LogP contribution >= 0.6 is 0 Å². The lowest BCUT2D eigenvalue weighted by Gasteiger charge is -2.44. The van der Waals surface area contributed by atoms with E-state index in [1.807, 2.05) is 24.8 Å². The van der Waals surface area contributed by atoms with E-state index >= 15 is 0 Å². The van der Waals surface area contributed by atoms with E-state index in [1.54, 1.807) is 54.1 Å². The van der Waals surface area contributed by atoms with Gasteiger partial charge in [0.1, 0.15) is 17.4 Å². The zero-order valence-electron chi connectivity index (χ0n) is 22.2. The van der Waals surface area contributed by atoms with Crippen LogP contribution in [0.4, 0.5) is 10.1 Å². The lowest BCUT2D eigenvalue weighted by Crippen LogP contribution is -2.60. The number of carbonyl (C=O) groups excluding carboxylic acids is 4. The molecule has 2 aromatic carbocycles. The van der Waals surface area contributed by atoms with E-state index in [2.05, 4.69) is 5.32 Å². The fraction of sp³-hybridized carbons (Fsp3) is 0.429. The number of likely N-dealkylation sites (tertiary alicyclic amines) is 1. The molecular formula is C28H34FN5O4. The van der Waals surface area contributed by atoms with Crippen molar-refractivity contribution in [3.8, 4) is 0 Å². The highest BCUT2D eigenvalue weighted by molar-refractivity contribution is 5.99. The van der Waals surface area contributed by atoms with Gasteiger partial charge < -0.3 is 25.8 Å². The van der Waals surface area contributed by atoms with Gasteiger partial charge in [0.2, 0.25) is 17.7 Å². The van der Waals surface area contributed by atoms with Crippen molar-refractivity contribution in [1.29, 1.82) is 0 Å². The summed E-state index contributed by atoms with van der Waals surface area (Å²) in [6, 6.07) is 10.6. The summed E-state index contributed by atoms with van der Waals surface area (Å²) in [5.41, 5.74) is 5.93. The number of primary amides is 1. The Labute approximate surface area is 221 Å². The molecule has 202 valence electrons. The zero-order valence-corrected chi connectivity index (χ0v) is 22.2. The Hall–Kier alpha value is -3.95. The number of carbonyl (C=O) groups is 4. The van der Waals surface area contributed by atoms with Gasteiger partial charge in [0.15, 0.2) is 0 Å². The molecule has 0 aliphatic carbocycles. The minimum absolute atomic E-state index is 0.0438. The lowest BCUT2D eigenvalue weighted by atomic mass is 9.85. The third kappa shape index (κ3) is 4.82. The monoisotopic (exact) mass is 523 g/mol. The maximum atomic E-state index is 14.5. The van der Waals surface area contributed by atoms with E-state index in [4.69, 9.17) is 5.73 Å². The number of halogens is 1. The minimum atomic E-state index is -0.858. The Morgan fingerprint density at radius 3 is 2.37 bits per heavy atom. The Balaban J connectivity index is 1.52. The number of piperidine rings is 1. The van der Waals surface area contributed by atoms with Crippen LogP contribution in [0.5, 0.6) is 0 Å². The van der Waals surface area contributed by atoms with E-state index in [-0.39, 0.29) is 23.3 Å². The third-order valence-corrected chi connectivity index (χ3v) is 7.62. The van der Waals surface area contributed by atoms with E-state index in [0.29, 0.717) is 49.4 Å². The van der Waals surface area contributed by atoms with Crippen LogP contribution < -0.4 is 16.0 Å². The summed E-state index contributed by atoms with van der Waals surface area (Å²) < 4.78 is 14.5. The van der Waals surface area contributed by atoms with Gasteiger partial charge in [-0.1, -0.05) is 32.0 Å². The molecule has 1 atom stereocenters. The van der Waals surface area contributed by atoms with Crippen LogP contribution in [0.25, 0.3) is 0 Å². The smallest absolute Gasteiger partial charge is 0.254 e. The number of nitrogens with two attached hydrogens (primary N) is 1. The van der Waals surface area contributed by atoms with Crippen molar-refractivity contribution in [3.05, 3.63) is 65.0 Å². The molecule has 3 N–H and O–H groups in total. The first-order chi connectivity index (χ1) is 18.0. The second kappa shape index (κ2) is 10.4. The summed E-state index contributed by atoms with van der Waals surface area (Å²) in [6.07, 6.45) is 0.766. The highest BCUT2D eigenvalue weighted by atomic mass is 19.1. The Bertz CT molecular complexity index is 1270. The van der Waals surface area contributed by atoms with Gasteiger partial charge in [-0.05, 0) is 55.5 Å². The standard InChI is InChI=1S/C28H34FN5O4/c1-17(2)23(31-25(36)21-10-5-7-18(3)22(21)29)26(37)33-13-11-28(12-14-33)27(38)32(4)16-34(28)20-9-6-8-19(15-20)24(30)35/h5-10,15,17,23H,11-14,16H2,1-4H3,(H2,30,35)(H,31,36)/t23-/m1/s1. The molecule has 4 rings (SSSR count). The Morgan fingerprint density at radius 2 is 1.74 bits per heavy atom. The van der Waals surface area contributed by atoms with Crippen molar-refractivity contribution in [1.82, 2.24) is 15.1 Å². The first-order valence-corrected chi connectivity index (χ1v) is 12.7. The normalized spacial score (nSPS) is 17.7. The number of anilines is 1. The van der Waals surface area contributed by atoms with Gasteiger partial charge >= 0.3 is 0 Å². The second-order valence-electron chi connectivity index (χ2n) is 10.5. The molecule has 0 unspecified atom stereocenters. The molecule has 1 spiro atoms. The average molecular weight is 524 g/mol. The fourth-order valence-electron chi connectivity index (χ4n) is 5.37. The molecule has 0 saturated carbocycles. The number of hydrogen-bond acceptors (Lipinski definition) is 5. The predicted octanol–water partition coefficient (Wildman–Crippen LogP) is 2.28. The molecule has 4 amide bonds. The number of aryl methyl sites for hydroxylation is 1. The Kier molecular flexibility index (Phi) is 7.44.